The van der Waals surface area contributed by atoms with Gasteiger partial charge in [0.25, 0.3) is 0 Å². The maximum absolute atomic E-state index is 12.0. The molecule has 8 heteroatoms. The fourth-order valence-corrected chi connectivity index (χ4v) is 2.91. The predicted octanol–water partition coefficient (Wildman–Crippen LogP) is 0.340. The highest BCUT2D eigenvalue weighted by molar-refractivity contribution is 7.89. The summed E-state index contributed by atoms with van der Waals surface area (Å²) in [4.78, 5) is 0.213. The second-order valence-electron chi connectivity index (χ2n) is 5.12. The fraction of sp³-hybridized carbons (Fsp3) is 0.769. The van der Waals surface area contributed by atoms with Gasteiger partial charge in [-0.2, -0.15) is 5.10 Å². The molecule has 0 spiro atoms. The normalized spacial score (nSPS) is 15.5. The van der Waals surface area contributed by atoms with Gasteiger partial charge in [-0.1, -0.05) is 0 Å². The quantitative estimate of drug-likeness (QED) is 0.575. The van der Waals surface area contributed by atoms with Crippen LogP contribution in [0.15, 0.2) is 17.3 Å². The summed E-state index contributed by atoms with van der Waals surface area (Å²) in [6.45, 7) is 4.98. The summed E-state index contributed by atoms with van der Waals surface area (Å²) in [6, 6.07) is 0.649. The summed E-state index contributed by atoms with van der Waals surface area (Å²) in [7, 11) is -3.46. The van der Waals surface area contributed by atoms with Crippen LogP contribution in [0.4, 0.5) is 0 Å². The molecule has 1 aliphatic rings. The molecular weight excluding hydrogens is 292 g/mol. The van der Waals surface area contributed by atoms with E-state index < -0.39 is 10.0 Å². The minimum absolute atomic E-state index is 0.213. The van der Waals surface area contributed by atoms with E-state index in [0.717, 1.165) is 6.54 Å². The topological polar surface area (TPSA) is 85.2 Å². The molecule has 0 bridgehead atoms. The van der Waals surface area contributed by atoms with E-state index in [4.69, 9.17) is 4.74 Å². The highest BCUT2D eigenvalue weighted by Crippen LogP contribution is 2.18. The highest BCUT2D eigenvalue weighted by atomic mass is 32.2. The van der Waals surface area contributed by atoms with Crippen molar-refractivity contribution in [1.82, 2.24) is 19.8 Å². The van der Waals surface area contributed by atoms with Gasteiger partial charge in [-0.3, -0.25) is 4.68 Å². The van der Waals surface area contributed by atoms with Crippen LogP contribution < -0.4 is 10.0 Å². The van der Waals surface area contributed by atoms with Crippen molar-refractivity contribution >= 4 is 10.0 Å². The number of nitrogens with one attached hydrogen (secondary N) is 2. The molecule has 2 rings (SSSR count). The molecule has 0 atom stereocenters. The zero-order valence-electron chi connectivity index (χ0n) is 12.4. The van der Waals surface area contributed by atoms with Gasteiger partial charge in [0.05, 0.1) is 12.7 Å². The Kier molecular flexibility index (Phi) is 6.16. The molecule has 0 aliphatic heterocycles. The van der Waals surface area contributed by atoms with E-state index >= 15 is 0 Å². The van der Waals surface area contributed by atoms with E-state index in [0.29, 0.717) is 38.8 Å². The number of sulfonamides is 1. The average molecular weight is 316 g/mol. The molecule has 1 aliphatic carbocycles. The van der Waals surface area contributed by atoms with Crippen molar-refractivity contribution in [2.24, 2.45) is 0 Å². The smallest absolute Gasteiger partial charge is 0.243 e. The number of hydrogen-bond donors (Lipinski definition) is 2. The van der Waals surface area contributed by atoms with Crippen molar-refractivity contribution in [2.45, 2.75) is 43.7 Å². The summed E-state index contributed by atoms with van der Waals surface area (Å²) in [5.74, 6) is 0. The lowest BCUT2D eigenvalue weighted by molar-refractivity contribution is 0.146. The van der Waals surface area contributed by atoms with Gasteiger partial charge in [0.1, 0.15) is 4.90 Å². The molecule has 0 aromatic carbocycles. The second kappa shape index (κ2) is 7.88. The van der Waals surface area contributed by atoms with Crippen molar-refractivity contribution in [2.75, 3.05) is 26.3 Å². The van der Waals surface area contributed by atoms with Gasteiger partial charge in [-0.15, -0.1) is 0 Å². The van der Waals surface area contributed by atoms with Crippen LogP contribution in [0, 0.1) is 0 Å². The number of hydrogen-bond acceptors (Lipinski definition) is 5. The Bertz CT molecular complexity index is 525. The third-order valence-corrected chi connectivity index (χ3v) is 4.65. The number of nitrogens with zero attached hydrogens (tertiary/aromatic N) is 2. The summed E-state index contributed by atoms with van der Waals surface area (Å²) in [6.07, 6.45) is 6.10. The number of ether oxygens (including phenoxy) is 1. The van der Waals surface area contributed by atoms with Gasteiger partial charge >= 0.3 is 0 Å². The molecule has 0 saturated heterocycles. The standard InChI is InChI=1S/C13H24N4O3S/c1-2-20-9-3-6-16-21(18,19)13-10-15-17(11-13)8-7-14-12-4-5-12/h10-12,14,16H,2-9H2,1H3. The lowest BCUT2D eigenvalue weighted by Gasteiger charge is -2.05. The highest BCUT2D eigenvalue weighted by Gasteiger charge is 2.20. The van der Waals surface area contributed by atoms with Gasteiger partial charge in [0.2, 0.25) is 10.0 Å². The molecule has 1 aromatic rings. The lowest BCUT2D eigenvalue weighted by atomic mass is 10.5. The van der Waals surface area contributed by atoms with Crippen LogP contribution in [-0.2, 0) is 21.3 Å². The molecular formula is C13H24N4O3S. The Labute approximate surface area is 126 Å². The van der Waals surface area contributed by atoms with Crippen LogP contribution in [0.3, 0.4) is 0 Å². The summed E-state index contributed by atoms with van der Waals surface area (Å²) < 4.78 is 33.5. The largest absolute Gasteiger partial charge is 0.382 e. The second-order valence-corrected chi connectivity index (χ2v) is 6.88. The Morgan fingerprint density at radius 1 is 1.43 bits per heavy atom. The Balaban J connectivity index is 1.74. The zero-order valence-corrected chi connectivity index (χ0v) is 13.2. The van der Waals surface area contributed by atoms with Crippen LogP contribution >= 0.6 is 0 Å². The predicted molar refractivity (Wildman–Crippen MR) is 79.6 cm³/mol. The first kappa shape index (κ1) is 16.4. The molecule has 1 heterocycles. The summed E-state index contributed by atoms with van der Waals surface area (Å²) in [5, 5.41) is 7.46. The van der Waals surface area contributed by atoms with Crippen LogP contribution in [0.25, 0.3) is 0 Å². The van der Waals surface area contributed by atoms with E-state index in [1.807, 2.05) is 6.92 Å². The molecule has 1 saturated carbocycles. The van der Waals surface area contributed by atoms with Crippen molar-refractivity contribution in [3.05, 3.63) is 12.4 Å². The zero-order chi connectivity index (χ0) is 15.1. The van der Waals surface area contributed by atoms with Gasteiger partial charge in [-0.25, -0.2) is 13.1 Å². The van der Waals surface area contributed by atoms with Crippen molar-refractivity contribution < 1.29 is 13.2 Å². The monoisotopic (exact) mass is 316 g/mol. The first-order chi connectivity index (χ1) is 10.1. The fourth-order valence-electron chi connectivity index (χ4n) is 1.88. The average Bonchev–Trinajstić information content (AvgIpc) is 3.14. The van der Waals surface area contributed by atoms with Crippen LogP contribution in [-0.4, -0.2) is 50.5 Å². The molecule has 1 aromatic heterocycles. The van der Waals surface area contributed by atoms with Gasteiger partial charge in [0.15, 0.2) is 0 Å². The van der Waals surface area contributed by atoms with Gasteiger partial charge in [-0.05, 0) is 26.2 Å². The minimum atomic E-state index is -3.46. The Morgan fingerprint density at radius 3 is 2.95 bits per heavy atom. The summed E-state index contributed by atoms with van der Waals surface area (Å²) in [5.41, 5.74) is 0. The Hall–Kier alpha value is -0.960. The Morgan fingerprint density at radius 2 is 2.24 bits per heavy atom. The van der Waals surface area contributed by atoms with Crippen molar-refractivity contribution in [1.29, 1.82) is 0 Å². The molecule has 0 unspecified atom stereocenters. The SMILES string of the molecule is CCOCCCNS(=O)(=O)c1cnn(CCNC2CC2)c1. The molecule has 2 N–H and O–H groups in total. The number of rotatable bonds is 11. The van der Waals surface area contributed by atoms with Crippen LogP contribution in [0.2, 0.25) is 0 Å². The van der Waals surface area contributed by atoms with Crippen molar-refractivity contribution in [3.8, 4) is 0 Å². The van der Waals surface area contributed by atoms with Crippen LogP contribution in [0.1, 0.15) is 26.2 Å². The molecule has 120 valence electrons. The molecule has 21 heavy (non-hydrogen) atoms. The molecule has 0 radical (unpaired) electrons. The maximum atomic E-state index is 12.0. The number of aromatic nitrogens is 2. The van der Waals surface area contributed by atoms with E-state index in [9.17, 15) is 8.42 Å². The maximum Gasteiger partial charge on any atom is 0.243 e. The van der Waals surface area contributed by atoms with E-state index in [-0.39, 0.29) is 4.90 Å². The summed E-state index contributed by atoms with van der Waals surface area (Å²) >= 11 is 0. The van der Waals surface area contributed by atoms with Crippen molar-refractivity contribution in [3.63, 3.8) is 0 Å². The van der Waals surface area contributed by atoms with E-state index in [2.05, 4.69) is 15.1 Å². The third kappa shape index (κ3) is 5.74. The van der Waals surface area contributed by atoms with Crippen LogP contribution in [0.5, 0.6) is 0 Å². The molecule has 7 nitrogen and oxygen atoms in total. The third-order valence-electron chi connectivity index (χ3n) is 3.23. The van der Waals surface area contributed by atoms with E-state index in [1.54, 1.807) is 10.9 Å². The van der Waals surface area contributed by atoms with E-state index in [1.165, 1.54) is 19.0 Å². The lowest BCUT2D eigenvalue weighted by Crippen LogP contribution is -2.25. The van der Waals surface area contributed by atoms with Gasteiger partial charge < -0.3 is 10.1 Å². The van der Waals surface area contributed by atoms with Gasteiger partial charge in [0, 0.05) is 38.5 Å². The minimum Gasteiger partial charge on any atom is -0.382 e. The first-order valence-corrected chi connectivity index (χ1v) is 8.93. The molecule has 0 amide bonds. The molecule has 1 fully saturated rings. The first-order valence-electron chi connectivity index (χ1n) is 7.45.